The SMILES string of the molecule is CNCCC(=O)NCc1cccnc1OC. The molecule has 0 spiro atoms. The molecule has 0 aliphatic heterocycles. The van der Waals surface area contributed by atoms with Crippen LogP contribution in [0.1, 0.15) is 12.0 Å². The smallest absolute Gasteiger partial charge is 0.221 e. The van der Waals surface area contributed by atoms with Crippen LogP contribution in [0.25, 0.3) is 0 Å². The summed E-state index contributed by atoms with van der Waals surface area (Å²) < 4.78 is 5.08. The lowest BCUT2D eigenvalue weighted by Crippen LogP contribution is -2.26. The third-order valence-corrected chi connectivity index (χ3v) is 2.12. The molecule has 2 N–H and O–H groups in total. The Labute approximate surface area is 95.2 Å². The van der Waals surface area contributed by atoms with Gasteiger partial charge in [0.25, 0.3) is 0 Å². The Hall–Kier alpha value is -1.62. The summed E-state index contributed by atoms with van der Waals surface area (Å²) in [6.45, 7) is 1.12. The van der Waals surface area contributed by atoms with Gasteiger partial charge in [-0.3, -0.25) is 4.79 Å². The summed E-state index contributed by atoms with van der Waals surface area (Å²) in [6, 6.07) is 3.70. The summed E-state index contributed by atoms with van der Waals surface area (Å²) in [5.41, 5.74) is 0.878. The standard InChI is InChI=1S/C11H17N3O2/c1-12-7-5-10(15)14-8-9-4-3-6-13-11(9)16-2/h3-4,6,12H,5,7-8H2,1-2H3,(H,14,15). The van der Waals surface area contributed by atoms with Gasteiger partial charge < -0.3 is 15.4 Å². The van der Waals surface area contributed by atoms with Crippen molar-refractivity contribution in [2.75, 3.05) is 20.7 Å². The molecule has 0 bridgehead atoms. The summed E-state index contributed by atoms with van der Waals surface area (Å²) in [7, 11) is 3.38. The number of hydrogen-bond donors (Lipinski definition) is 2. The highest BCUT2D eigenvalue weighted by Crippen LogP contribution is 2.12. The number of rotatable bonds is 6. The van der Waals surface area contributed by atoms with Crippen LogP contribution in [-0.4, -0.2) is 31.6 Å². The molecule has 1 aromatic rings. The van der Waals surface area contributed by atoms with Crippen molar-refractivity contribution in [3.63, 3.8) is 0 Å². The predicted octanol–water partition coefficient (Wildman–Crippen LogP) is 0.316. The van der Waals surface area contributed by atoms with Gasteiger partial charge in [0.1, 0.15) is 0 Å². The minimum absolute atomic E-state index is 0.0141. The van der Waals surface area contributed by atoms with Crippen molar-refractivity contribution in [1.82, 2.24) is 15.6 Å². The van der Waals surface area contributed by atoms with Crippen molar-refractivity contribution in [2.24, 2.45) is 0 Å². The Morgan fingerprint density at radius 2 is 2.38 bits per heavy atom. The number of nitrogens with zero attached hydrogens (tertiary/aromatic N) is 1. The number of hydrogen-bond acceptors (Lipinski definition) is 4. The Morgan fingerprint density at radius 3 is 3.06 bits per heavy atom. The van der Waals surface area contributed by atoms with Crippen LogP contribution >= 0.6 is 0 Å². The number of nitrogens with one attached hydrogen (secondary N) is 2. The number of carbonyl (C=O) groups excluding carboxylic acids is 1. The van der Waals surface area contributed by atoms with Crippen LogP contribution in [0, 0.1) is 0 Å². The van der Waals surface area contributed by atoms with Crippen LogP contribution in [0.15, 0.2) is 18.3 Å². The summed E-state index contributed by atoms with van der Waals surface area (Å²) >= 11 is 0. The first-order valence-corrected chi connectivity index (χ1v) is 5.17. The van der Waals surface area contributed by atoms with Gasteiger partial charge in [0.2, 0.25) is 11.8 Å². The summed E-state index contributed by atoms with van der Waals surface area (Å²) in [5.74, 6) is 0.566. The quantitative estimate of drug-likeness (QED) is 0.729. The van der Waals surface area contributed by atoms with E-state index in [4.69, 9.17) is 4.74 Å². The first kappa shape index (κ1) is 12.4. The highest BCUT2D eigenvalue weighted by atomic mass is 16.5. The fourth-order valence-corrected chi connectivity index (χ4v) is 1.26. The molecule has 1 aromatic heterocycles. The number of amides is 1. The molecule has 88 valence electrons. The number of methoxy groups -OCH3 is 1. The molecule has 1 rings (SSSR count). The second-order valence-electron chi connectivity index (χ2n) is 3.30. The van der Waals surface area contributed by atoms with E-state index < -0.39 is 0 Å². The molecule has 1 amide bonds. The van der Waals surface area contributed by atoms with Crippen LogP contribution in [0.3, 0.4) is 0 Å². The molecule has 0 aliphatic rings. The molecule has 0 aliphatic carbocycles. The number of ether oxygens (including phenoxy) is 1. The minimum atomic E-state index is 0.0141. The molecule has 0 radical (unpaired) electrons. The maximum Gasteiger partial charge on any atom is 0.221 e. The van der Waals surface area contributed by atoms with Crippen molar-refractivity contribution in [1.29, 1.82) is 0 Å². The van der Waals surface area contributed by atoms with Crippen molar-refractivity contribution >= 4 is 5.91 Å². The minimum Gasteiger partial charge on any atom is -0.481 e. The van der Waals surface area contributed by atoms with Gasteiger partial charge in [0.05, 0.1) is 7.11 Å². The van der Waals surface area contributed by atoms with Crippen LogP contribution in [0.2, 0.25) is 0 Å². The summed E-state index contributed by atoms with van der Waals surface area (Å²) in [4.78, 5) is 15.4. The summed E-state index contributed by atoms with van der Waals surface area (Å²) in [6.07, 6.45) is 2.13. The number of carbonyl (C=O) groups is 1. The first-order chi connectivity index (χ1) is 7.77. The highest BCUT2D eigenvalue weighted by molar-refractivity contribution is 5.76. The van der Waals surface area contributed by atoms with E-state index in [9.17, 15) is 4.79 Å². The second kappa shape index (κ2) is 6.79. The summed E-state index contributed by atoms with van der Waals surface area (Å²) in [5, 5.41) is 5.73. The monoisotopic (exact) mass is 223 g/mol. The lowest BCUT2D eigenvalue weighted by atomic mass is 10.2. The molecule has 0 atom stereocenters. The van der Waals surface area contributed by atoms with Crippen molar-refractivity contribution in [3.05, 3.63) is 23.9 Å². The molecule has 5 heteroatoms. The molecule has 1 heterocycles. The lowest BCUT2D eigenvalue weighted by molar-refractivity contribution is -0.121. The van der Waals surface area contributed by atoms with E-state index >= 15 is 0 Å². The Kier molecular flexibility index (Phi) is 5.28. The van der Waals surface area contributed by atoms with Gasteiger partial charge in [-0.15, -0.1) is 0 Å². The fourth-order valence-electron chi connectivity index (χ4n) is 1.26. The zero-order chi connectivity index (χ0) is 11.8. The van der Waals surface area contributed by atoms with Gasteiger partial charge in [-0.25, -0.2) is 4.98 Å². The van der Waals surface area contributed by atoms with Gasteiger partial charge in [-0.2, -0.15) is 0 Å². The Morgan fingerprint density at radius 1 is 1.56 bits per heavy atom. The van der Waals surface area contributed by atoms with Gasteiger partial charge >= 0.3 is 0 Å². The zero-order valence-corrected chi connectivity index (χ0v) is 9.62. The molecule has 16 heavy (non-hydrogen) atoms. The van der Waals surface area contributed by atoms with E-state index in [0.717, 1.165) is 5.56 Å². The largest absolute Gasteiger partial charge is 0.481 e. The third kappa shape index (κ3) is 3.86. The highest BCUT2D eigenvalue weighted by Gasteiger charge is 2.05. The van der Waals surface area contributed by atoms with Gasteiger partial charge in [-0.05, 0) is 13.1 Å². The van der Waals surface area contributed by atoms with Crippen molar-refractivity contribution in [2.45, 2.75) is 13.0 Å². The average Bonchev–Trinajstić information content (AvgIpc) is 2.34. The van der Waals surface area contributed by atoms with Crippen molar-refractivity contribution in [3.8, 4) is 5.88 Å². The van der Waals surface area contributed by atoms with E-state index in [2.05, 4.69) is 15.6 Å². The number of pyridine rings is 1. The third-order valence-electron chi connectivity index (χ3n) is 2.12. The molecule has 0 unspecified atom stereocenters. The van der Waals surface area contributed by atoms with E-state index in [-0.39, 0.29) is 5.91 Å². The van der Waals surface area contributed by atoms with Crippen LogP contribution in [0.5, 0.6) is 5.88 Å². The average molecular weight is 223 g/mol. The fraction of sp³-hybridized carbons (Fsp3) is 0.455. The number of aromatic nitrogens is 1. The first-order valence-electron chi connectivity index (χ1n) is 5.17. The van der Waals surface area contributed by atoms with Crippen molar-refractivity contribution < 1.29 is 9.53 Å². The maximum absolute atomic E-state index is 11.4. The molecular weight excluding hydrogens is 206 g/mol. The van der Waals surface area contributed by atoms with Crippen LogP contribution < -0.4 is 15.4 Å². The van der Waals surface area contributed by atoms with E-state index in [0.29, 0.717) is 25.4 Å². The Balaban J connectivity index is 2.44. The lowest BCUT2D eigenvalue weighted by Gasteiger charge is -2.08. The van der Waals surface area contributed by atoms with Crippen LogP contribution in [-0.2, 0) is 11.3 Å². The van der Waals surface area contributed by atoms with Gasteiger partial charge in [0.15, 0.2) is 0 Å². The van der Waals surface area contributed by atoms with E-state index in [1.54, 1.807) is 13.3 Å². The molecule has 0 fully saturated rings. The molecule has 0 saturated carbocycles. The molecule has 0 saturated heterocycles. The maximum atomic E-state index is 11.4. The normalized spacial score (nSPS) is 9.88. The topological polar surface area (TPSA) is 63.2 Å². The van der Waals surface area contributed by atoms with E-state index in [1.165, 1.54) is 0 Å². The molecule has 0 aromatic carbocycles. The predicted molar refractivity (Wildman–Crippen MR) is 61.2 cm³/mol. The second-order valence-corrected chi connectivity index (χ2v) is 3.30. The van der Waals surface area contributed by atoms with Gasteiger partial charge in [-0.1, -0.05) is 6.07 Å². The van der Waals surface area contributed by atoms with Crippen LogP contribution in [0.4, 0.5) is 0 Å². The van der Waals surface area contributed by atoms with Gasteiger partial charge in [0, 0.05) is 31.3 Å². The Bertz CT molecular complexity index is 342. The van der Waals surface area contributed by atoms with E-state index in [1.807, 2.05) is 19.2 Å². The zero-order valence-electron chi connectivity index (χ0n) is 9.62. The molecule has 5 nitrogen and oxygen atoms in total. The molecular formula is C11H17N3O2.